The van der Waals surface area contributed by atoms with Crippen molar-refractivity contribution in [2.24, 2.45) is 5.92 Å². The van der Waals surface area contributed by atoms with Gasteiger partial charge in [-0.1, -0.05) is 84.5 Å². The number of aliphatic hydroxyl groups is 1. The van der Waals surface area contributed by atoms with Gasteiger partial charge in [-0.3, -0.25) is 4.79 Å². The minimum Gasteiger partial charge on any atom is -0.392 e. The van der Waals surface area contributed by atoms with Gasteiger partial charge in [-0.25, -0.2) is 0 Å². The van der Waals surface area contributed by atoms with Crippen molar-refractivity contribution in [1.29, 1.82) is 0 Å². The Balaban J connectivity index is 1.59. The number of ether oxygens (including phenoxy) is 2. The lowest BCUT2D eigenvalue weighted by atomic mass is 9.89. The number of hydrogen-bond acceptors (Lipinski definition) is 5. The topological polar surface area (TPSA) is 71.0 Å². The molecule has 190 valence electrons. The maximum atomic E-state index is 12.1. The van der Waals surface area contributed by atoms with Crippen LogP contribution in [0.25, 0.3) is 0 Å². The van der Waals surface area contributed by atoms with Gasteiger partial charge in [-0.15, -0.1) is 0 Å². The van der Waals surface area contributed by atoms with Gasteiger partial charge in [0.25, 0.3) is 9.70 Å². The summed E-state index contributed by atoms with van der Waals surface area (Å²) in [5.41, 5.74) is 3.14. The van der Waals surface area contributed by atoms with Gasteiger partial charge in [0.05, 0.1) is 18.8 Å². The van der Waals surface area contributed by atoms with E-state index in [1.807, 2.05) is 30.3 Å². The second-order valence-corrected chi connectivity index (χ2v) is 11.5. The van der Waals surface area contributed by atoms with Gasteiger partial charge >= 0.3 is 0 Å². The fourth-order valence-electron chi connectivity index (χ4n) is 4.69. The van der Waals surface area contributed by atoms with Crippen LogP contribution in [0, 0.1) is 5.92 Å². The Morgan fingerprint density at radius 1 is 1.06 bits per heavy atom. The fraction of sp³-hybridized carbons (Fsp3) is 0.500. The smallest absolute Gasteiger partial charge is 0.276 e. The molecule has 2 aromatic rings. The van der Waals surface area contributed by atoms with E-state index in [4.69, 9.17) is 44.3 Å². The summed E-state index contributed by atoms with van der Waals surface area (Å²) >= 11 is 17.1. The molecule has 0 spiro atoms. The van der Waals surface area contributed by atoms with Crippen LogP contribution in [0.3, 0.4) is 0 Å². The Morgan fingerprint density at radius 2 is 1.77 bits per heavy atom. The largest absolute Gasteiger partial charge is 0.392 e. The molecule has 2 aliphatic heterocycles. The molecule has 2 aromatic carbocycles. The summed E-state index contributed by atoms with van der Waals surface area (Å²) in [7, 11) is 0. The Labute approximate surface area is 221 Å². The van der Waals surface area contributed by atoms with Gasteiger partial charge in [0, 0.05) is 23.7 Å². The fourth-order valence-corrected chi connectivity index (χ4v) is 4.83. The molecule has 9 heteroatoms. The molecular weight excluding hydrogens is 511 g/mol. The lowest BCUT2D eigenvalue weighted by molar-refractivity contribution is -0.276. The number of carbonyl (C=O) groups excluding carboxylic acids is 1. The lowest BCUT2D eigenvalue weighted by Gasteiger charge is -2.43. The van der Waals surface area contributed by atoms with Crippen LogP contribution in [-0.4, -0.2) is 45.4 Å². The van der Waals surface area contributed by atoms with E-state index in [0.717, 1.165) is 36.3 Å². The van der Waals surface area contributed by atoms with Crippen molar-refractivity contribution < 1.29 is 19.4 Å². The van der Waals surface area contributed by atoms with Crippen molar-refractivity contribution in [3.05, 3.63) is 65.2 Å². The van der Waals surface area contributed by atoms with Crippen molar-refractivity contribution in [2.45, 2.75) is 55.1 Å². The first-order chi connectivity index (χ1) is 16.7. The first-order valence-electron chi connectivity index (χ1n) is 12.0. The van der Waals surface area contributed by atoms with E-state index in [0.29, 0.717) is 5.69 Å². The summed E-state index contributed by atoms with van der Waals surface area (Å²) in [6, 6.07) is 15.0. The van der Waals surface area contributed by atoms with Crippen LogP contribution >= 0.6 is 34.8 Å². The number of piperidine rings is 1. The van der Waals surface area contributed by atoms with Crippen molar-refractivity contribution in [3.8, 4) is 0 Å². The highest BCUT2D eigenvalue weighted by Gasteiger charge is 2.39. The third-order valence-electron chi connectivity index (χ3n) is 6.68. The molecule has 0 bridgehead atoms. The van der Waals surface area contributed by atoms with Crippen molar-refractivity contribution in [2.75, 3.05) is 25.0 Å². The molecular formula is C26H31Cl3N2O4. The molecule has 2 fully saturated rings. The average molecular weight is 542 g/mol. The van der Waals surface area contributed by atoms with Crippen molar-refractivity contribution >= 4 is 46.4 Å². The molecule has 0 aromatic heterocycles. The molecule has 35 heavy (non-hydrogen) atoms. The van der Waals surface area contributed by atoms with Crippen LogP contribution < -0.4 is 5.32 Å². The average Bonchev–Trinajstić information content (AvgIpc) is 2.85. The number of halogens is 3. The third kappa shape index (κ3) is 6.89. The molecule has 2 N–H and O–H groups in total. The monoisotopic (exact) mass is 540 g/mol. The van der Waals surface area contributed by atoms with E-state index in [9.17, 15) is 9.90 Å². The van der Waals surface area contributed by atoms with Crippen LogP contribution in [-0.2, 0) is 20.9 Å². The summed E-state index contributed by atoms with van der Waals surface area (Å²) in [6.07, 6.45) is 2.81. The van der Waals surface area contributed by atoms with E-state index in [1.165, 1.54) is 19.3 Å². The Bertz CT molecular complexity index is 993. The van der Waals surface area contributed by atoms with Gasteiger partial charge in [-0.05, 0) is 49.2 Å². The molecule has 6 nitrogen and oxygen atoms in total. The number of amides is 1. The molecule has 0 aliphatic carbocycles. The molecule has 1 amide bonds. The van der Waals surface area contributed by atoms with E-state index in [-0.39, 0.29) is 24.7 Å². The Morgan fingerprint density at radius 3 is 2.43 bits per heavy atom. The van der Waals surface area contributed by atoms with Gasteiger partial charge in [0.1, 0.15) is 0 Å². The van der Waals surface area contributed by atoms with Crippen LogP contribution in [0.2, 0.25) is 0 Å². The molecule has 2 aliphatic rings. The number of carbonyl (C=O) groups is 1. The van der Waals surface area contributed by atoms with Gasteiger partial charge in [-0.2, -0.15) is 0 Å². The van der Waals surface area contributed by atoms with Gasteiger partial charge in [0.2, 0.25) is 0 Å². The zero-order valence-corrected chi connectivity index (χ0v) is 21.9. The number of likely N-dealkylation sites (tertiary alicyclic amines) is 1. The van der Waals surface area contributed by atoms with E-state index >= 15 is 0 Å². The van der Waals surface area contributed by atoms with E-state index in [1.54, 1.807) is 18.2 Å². The van der Waals surface area contributed by atoms with Gasteiger partial charge < -0.3 is 24.8 Å². The number of aliphatic hydroxyl groups excluding tert-OH is 1. The number of nitrogens with zero attached hydrogens (tertiary/aromatic N) is 1. The zero-order valence-electron chi connectivity index (χ0n) is 19.6. The molecule has 4 unspecified atom stereocenters. The molecule has 0 radical (unpaired) electrons. The van der Waals surface area contributed by atoms with Crippen LogP contribution in [0.4, 0.5) is 5.69 Å². The maximum absolute atomic E-state index is 12.1. The van der Waals surface area contributed by atoms with Crippen molar-refractivity contribution in [1.82, 2.24) is 4.90 Å². The summed E-state index contributed by atoms with van der Waals surface area (Å²) < 4.78 is 11.0. The van der Waals surface area contributed by atoms with Crippen molar-refractivity contribution in [3.63, 3.8) is 0 Å². The summed E-state index contributed by atoms with van der Waals surface area (Å²) in [4.78, 5) is 14.6. The SMILES string of the molecule is CC1C(CN2CCCCC2)OC(c2cccc(NC(=O)C(Cl)(Cl)Cl)c2)OC1c1ccc(CO)cc1. The number of anilines is 1. The predicted octanol–water partition coefficient (Wildman–Crippen LogP) is 5.76. The highest BCUT2D eigenvalue weighted by molar-refractivity contribution is 6.76. The number of hydrogen-bond donors (Lipinski definition) is 2. The first kappa shape index (κ1) is 26.7. The number of benzene rings is 2. The normalized spacial score (nSPS) is 25.9. The number of nitrogens with one attached hydrogen (secondary N) is 1. The minimum absolute atomic E-state index is 0.00260. The number of alkyl halides is 3. The predicted molar refractivity (Wildman–Crippen MR) is 139 cm³/mol. The Kier molecular flexibility index (Phi) is 8.98. The minimum atomic E-state index is -2.06. The highest BCUT2D eigenvalue weighted by atomic mass is 35.6. The van der Waals surface area contributed by atoms with Crippen LogP contribution in [0.15, 0.2) is 48.5 Å². The molecule has 0 saturated carbocycles. The lowest BCUT2D eigenvalue weighted by Crippen LogP contribution is -2.45. The molecule has 4 atom stereocenters. The summed E-state index contributed by atoms with van der Waals surface area (Å²) in [6.45, 7) is 5.14. The van der Waals surface area contributed by atoms with Crippen LogP contribution in [0.1, 0.15) is 55.3 Å². The maximum Gasteiger partial charge on any atom is 0.276 e. The standard InChI is InChI=1S/C26H31Cl3N2O4/c1-17-22(15-31-12-3-2-4-13-31)34-24(35-23(17)19-10-8-18(16-32)9-11-19)20-6-5-7-21(14-20)30-25(33)26(27,28)29/h5-11,14,17,22-24,32H,2-4,12-13,15-16H2,1H3,(H,30,33). The molecule has 2 saturated heterocycles. The summed E-state index contributed by atoms with van der Waals surface area (Å²) in [5.74, 6) is -0.621. The van der Waals surface area contributed by atoms with E-state index < -0.39 is 16.0 Å². The molecule has 2 heterocycles. The number of rotatable bonds is 6. The highest BCUT2D eigenvalue weighted by Crippen LogP contribution is 2.42. The Hall–Kier alpha value is -1.38. The summed E-state index contributed by atoms with van der Waals surface area (Å²) in [5, 5.41) is 12.1. The van der Waals surface area contributed by atoms with Gasteiger partial charge in [0.15, 0.2) is 6.29 Å². The quantitative estimate of drug-likeness (QED) is 0.455. The first-order valence-corrected chi connectivity index (χ1v) is 13.1. The van der Waals surface area contributed by atoms with E-state index in [2.05, 4.69) is 17.1 Å². The zero-order chi connectivity index (χ0) is 25.0. The third-order valence-corrected chi connectivity index (χ3v) is 7.20. The second-order valence-electron chi connectivity index (χ2n) is 9.26. The second kappa shape index (κ2) is 11.8. The van der Waals surface area contributed by atoms with Crippen LogP contribution in [0.5, 0.6) is 0 Å². The molecule has 4 rings (SSSR count).